The summed E-state index contributed by atoms with van der Waals surface area (Å²) in [6.45, 7) is 6.23. The molecule has 2 atom stereocenters. The number of carbonyl (C=O) groups is 3. The van der Waals surface area contributed by atoms with Crippen LogP contribution in [0.1, 0.15) is 65.7 Å². The molecule has 0 bridgehead atoms. The molecule has 3 fully saturated rings. The van der Waals surface area contributed by atoms with E-state index in [-0.39, 0.29) is 29.8 Å². The number of nitrogens with zero attached hydrogens (tertiary/aromatic N) is 1. The third-order valence-corrected chi connectivity index (χ3v) is 5.65. The number of amides is 4. The van der Waals surface area contributed by atoms with Gasteiger partial charge in [-0.25, -0.2) is 4.79 Å². The molecule has 24 heavy (non-hydrogen) atoms. The van der Waals surface area contributed by atoms with Crippen molar-refractivity contribution in [3.05, 3.63) is 0 Å². The normalized spacial score (nSPS) is 33.1. The molecule has 1 spiro atoms. The van der Waals surface area contributed by atoms with Crippen molar-refractivity contribution in [1.29, 1.82) is 0 Å². The maximum atomic E-state index is 13.0. The van der Waals surface area contributed by atoms with Gasteiger partial charge in [-0.05, 0) is 43.4 Å². The van der Waals surface area contributed by atoms with Crippen LogP contribution in [0.5, 0.6) is 0 Å². The Bertz CT molecular complexity index is 554. The summed E-state index contributed by atoms with van der Waals surface area (Å²) in [6, 6.07) is -0.229. The molecular formula is C18H29N3O3. The molecule has 2 saturated carbocycles. The van der Waals surface area contributed by atoms with E-state index in [9.17, 15) is 14.4 Å². The number of urea groups is 1. The van der Waals surface area contributed by atoms with Crippen molar-refractivity contribution in [3.8, 4) is 0 Å². The fraction of sp³-hybridized carbons (Fsp3) is 0.833. The summed E-state index contributed by atoms with van der Waals surface area (Å²) in [6.07, 6.45) is 6.56. The SMILES string of the molecule is C[C@@H]1CC(C)(C)C[C@]2(C1)NC(=O)N(CC(=O)NC1CCCC1)C2=O. The minimum absolute atomic E-state index is 0.00270. The first-order valence-electron chi connectivity index (χ1n) is 9.14. The van der Waals surface area contributed by atoms with Crippen LogP contribution in [0.25, 0.3) is 0 Å². The van der Waals surface area contributed by atoms with Gasteiger partial charge < -0.3 is 10.6 Å². The predicted molar refractivity (Wildman–Crippen MR) is 90.2 cm³/mol. The van der Waals surface area contributed by atoms with Crippen molar-refractivity contribution in [2.24, 2.45) is 11.3 Å². The fourth-order valence-corrected chi connectivity index (χ4v) is 5.14. The van der Waals surface area contributed by atoms with E-state index in [4.69, 9.17) is 0 Å². The molecule has 1 aliphatic heterocycles. The summed E-state index contributed by atoms with van der Waals surface area (Å²) in [5, 5.41) is 5.86. The minimum Gasteiger partial charge on any atom is -0.352 e. The standard InChI is InChI=1S/C18H29N3O3/c1-12-8-17(2,3)11-18(9-12)15(23)21(16(24)20-18)10-14(22)19-13-6-4-5-7-13/h12-13H,4-11H2,1-3H3,(H,19,22)(H,20,24)/t12-,18+/m1/s1. The zero-order chi connectivity index (χ0) is 17.5. The van der Waals surface area contributed by atoms with Gasteiger partial charge in [0.15, 0.2) is 0 Å². The van der Waals surface area contributed by atoms with Crippen LogP contribution in [0, 0.1) is 11.3 Å². The summed E-state index contributed by atoms with van der Waals surface area (Å²) < 4.78 is 0. The van der Waals surface area contributed by atoms with Gasteiger partial charge in [-0.2, -0.15) is 0 Å². The Kier molecular flexibility index (Phi) is 4.34. The van der Waals surface area contributed by atoms with E-state index in [2.05, 4.69) is 31.4 Å². The second-order valence-electron chi connectivity index (χ2n) is 8.81. The number of hydrogen-bond donors (Lipinski definition) is 2. The second kappa shape index (κ2) is 6.05. The molecule has 3 rings (SSSR count). The average Bonchev–Trinajstić information content (AvgIpc) is 3.00. The monoisotopic (exact) mass is 335 g/mol. The fourth-order valence-electron chi connectivity index (χ4n) is 5.14. The van der Waals surface area contributed by atoms with Crippen LogP contribution in [0.3, 0.4) is 0 Å². The molecule has 4 amide bonds. The molecule has 0 unspecified atom stereocenters. The zero-order valence-electron chi connectivity index (χ0n) is 15.0. The first-order valence-corrected chi connectivity index (χ1v) is 9.14. The maximum Gasteiger partial charge on any atom is 0.325 e. The Balaban J connectivity index is 1.68. The summed E-state index contributed by atoms with van der Waals surface area (Å²) in [5.41, 5.74) is -0.825. The van der Waals surface area contributed by atoms with Crippen molar-refractivity contribution in [2.45, 2.75) is 77.3 Å². The van der Waals surface area contributed by atoms with Crippen LogP contribution in [0.15, 0.2) is 0 Å². The first-order chi connectivity index (χ1) is 11.2. The van der Waals surface area contributed by atoms with E-state index in [1.54, 1.807) is 0 Å². The lowest BCUT2D eigenvalue weighted by Crippen LogP contribution is -2.54. The third-order valence-electron chi connectivity index (χ3n) is 5.65. The highest BCUT2D eigenvalue weighted by Gasteiger charge is 2.56. The van der Waals surface area contributed by atoms with E-state index in [0.717, 1.165) is 37.0 Å². The van der Waals surface area contributed by atoms with Crippen molar-refractivity contribution in [1.82, 2.24) is 15.5 Å². The highest BCUT2D eigenvalue weighted by atomic mass is 16.2. The van der Waals surface area contributed by atoms with Crippen molar-refractivity contribution >= 4 is 17.8 Å². The molecule has 1 saturated heterocycles. The number of hydrogen-bond acceptors (Lipinski definition) is 3. The molecule has 0 aromatic rings. The molecule has 6 heteroatoms. The largest absolute Gasteiger partial charge is 0.352 e. The molecule has 2 aliphatic carbocycles. The number of nitrogens with one attached hydrogen (secondary N) is 2. The molecule has 0 aromatic carbocycles. The molecule has 0 aromatic heterocycles. The first kappa shape index (κ1) is 17.2. The van der Waals surface area contributed by atoms with Gasteiger partial charge in [0.25, 0.3) is 5.91 Å². The molecule has 6 nitrogen and oxygen atoms in total. The Hall–Kier alpha value is -1.59. The van der Waals surface area contributed by atoms with Crippen LogP contribution < -0.4 is 10.6 Å². The lowest BCUT2D eigenvalue weighted by atomic mass is 9.64. The molecule has 0 radical (unpaired) electrons. The maximum absolute atomic E-state index is 13.0. The molecule has 3 aliphatic rings. The lowest BCUT2D eigenvalue weighted by Gasteiger charge is -2.43. The van der Waals surface area contributed by atoms with Gasteiger partial charge in [0, 0.05) is 6.04 Å². The highest BCUT2D eigenvalue weighted by molar-refractivity contribution is 6.09. The second-order valence-corrected chi connectivity index (χ2v) is 8.81. The van der Waals surface area contributed by atoms with E-state index in [1.807, 2.05) is 0 Å². The van der Waals surface area contributed by atoms with Crippen molar-refractivity contribution < 1.29 is 14.4 Å². The molecule has 2 N–H and O–H groups in total. The van der Waals surface area contributed by atoms with E-state index in [1.165, 1.54) is 0 Å². The van der Waals surface area contributed by atoms with Crippen LogP contribution in [-0.2, 0) is 9.59 Å². The predicted octanol–water partition coefficient (Wildman–Crippen LogP) is 2.18. The van der Waals surface area contributed by atoms with Gasteiger partial charge in [0.1, 0.15) is 12.1 Å². The summed E-state index contributed by atoms with van der Waals surface area (Å²) in [5.74, 6) is -0.0930. The van der Waals surface area contributed by atoms with Crippen LogP contribution in [0.4, 0.5) is 4.79 Å². The number of imide groups is 1. The van der Waals surface area contributed by atoms with Crippen molar-refractivity contribution in [2.75, 3.05) is 6.54 Å². The third kappa shape index (κ3) is 3.28. The van der Waals surface area contributed by atoms with E-state index < -0.39 is 11.6 Å². The number of rotatable bonds is 3. The van der Waals surface area contributed by atoms with Crippen molar-refractivity contribution in [3.63, 3.8) is 0 Å². The van der Waals surface area contributed by atoms with Gasteiger partial charge in [-0.1, -0.05) is 33.6 Å². The Morgan fingerprint density at radius 2 is 1.92 bits per heavy atom. The van der Waals surface area contributed by atoms with Gasteiger partial charge >= 0.3 is 6.03 Å². The Morgan fingerprint density at radius 3 is 2.54 bits per heavy atom. The number of carbonyl (C=O) groups excluding carboxylic acids is 3. The van der Waals surface area contributed by atoms with E-state index >= 15 is 0 Å². The molecular weight excluding hydrogens is 306 g/mol. The lowest BCUT2D eigenvalue weighted by molar-refractivity contribution is -0.137. The Labute approximate surface area is 143 Å². The molecule has 134 valence electrons. The smallest absolute Gasteiger partial charge is 0.325 e. The summed E-state index contributed by atoms with van der Waals surface area (Å²) in [7, 11) is 0. The molecule has 1 heterocycles. The van der Waals surface area contributed by atoms with Gasteiger partial charge in [0.05, 0.1) is 0 Å². The quantitative estimate of drug-likeness (QED) is 0.776. The highest BCUT2D eigenvalue weighted by Crippen LogP contribution is 2.46. The van der Waals surface area contributed by atoms with Gasteiger partial charge in [0.2, 0.25) is 5.91 Å². The topological polar surface area (TPSA) is 78.5 Å². The van der Waals surface area contributed by atoms with Gasteiger partial charge in [-0.3, -0.25) is 14.5 Å². The van der Waals surface area contributed by atoms with Crippen LogP contribution in [-0.4, -0.2) is 40.9 Å². The zero-order valence-corrected chi connectivity index (χ0v) is 15.0. The Morgan fingerprint density at radius 1 is 1.25 bits per heavy atom. The summed E-state index contributed by atoms with van der Waals surface area (Å²) >= 11 is 0. The van der Waals surface area contributed by atoms with E-state index in [0.29, 0.717) is 18.8 Å². The van der Waals surface area contributed by atoms with Gasteiger partial charge in [-0.15, -0.1) is 0 Å². The summed E-state index contributed by atoms with van der Waals surface area (Å²) in [4.78, 5) is 38.7. The average molecular weight is 335 g/mol. The minimum atomic E-state index is -0.827. The van der Waals surface area contributed by atoms with Crippen LogP contribution >= 0.6 is 0 Å². The van der Waals surface area contributed by atoms with Crippen LogP contribution in [0.2, 0.25) is 0 Å².